The molecule has 1 aromatic rings. The predicted molar refractivity (Wildman–Crippen MR) is 76.8 cm³/mol. The van der Waals surface area contributed by atoms with E-state index in [9.17, 15) is 0 Å². The van der Waals surface area contributed by atoms with Gasteiger partial charge in [-0.2, -0.15) is 0 Å². The molecule has 0 radical (unpaired) electrons. The number of ether oxygens (including phenoxy) is 2. The van der Waals surface area contributed by atoms with Gasteiger partial charge in [0.2, 0.25) is 0 Å². The Bertz CT molecular complexity index is 409. The highest BCUT2D eigenvalue weighted by atomic mass is 16.6. The quantitative estimate of drug-likeness (QED) is 0.855. The van der Waals surface area contributed by atoms with Gasteiger partial charge in [-0.15, -0.1) is 0 Å². The number of benzene rings is 1. The maximum absolute atomic E-state index is 6.26. The Hall–Kier alpha value is -1.26. The molecular formula is C15H24N2O2. The van der Waals surface area contributed by atoms with E-state index < -0.39 is 0 Å². The van der Waals surface area contributed by atoms with Gasteiger partial charge in [0, 0.05) is 12.6 Å². The van der Waals surface area contributed by atoms with Gasteiger partial charge in [-0.05, 0) is 37.7 Å². The number of nitrogens with two attached hydrogens (primary N) is 1. The summed E-state index contributed by atoms with van der Waals surface area (Å²) >= 11 is 0. The van der Waals surface area contributed by atoms with E-state index >= 15 is 0 Å². The molecule has 0 aromatic heterocycles. The highest BCUT2D eigenvalue weighted by molar-refractivity contribution is 5.44. The molecule has 4 heteroatoms. The van der Waals surface area contributed by atoms with Crippen molar-refractivity contribution in [3.8, 4) is 11.5 Å². The van der Waals surface area contributed by atoms with E-state index in [0.717, 1.165) is 30.2 Å². The molecule has 0 amide bonds. The molecule has 0 saturated carbocycles. The highest BCUT2D eigenvalue weighted by Gasteiger charge is 2.15. The molecule has 0 bridgehead atoms. The van der Waals surface area contributed by atoms with E-state index in [-0.39, 0.29) is 6.04 Å². The van der Waals surface area contributed by atoms with Gasteiger partial charge in [-0.25, -0.2) is 0 Å². The van der Waals surface area contributed by atoms with Crippen molar-refractivity contribution >= 4 is 0 Å². The van der Waals surface area contributed by atoms with Gasteiger partial charge >= 0.3 is 0 Å². The summed E-state index contributed by atoms with van der Waals surface area (Å²) in [5.74, 6) is 1.64. The molecule has 1 atom stereocenters. The molecule has 1 unspecified atom stereocenters. The molecular weight excluding hydrogens is 240 g/mol. The summed E-state index contributed by atoms with van der Waals surface area (Å²) in [6.45, 7) is 5.39. The second kappa shape index (κ2) is 6.78. The van der Waals surface area contributed by atoms with Crippen LogP contribution in [0.4, 0.5) is 0 Å². The van der Waals surface area contributed by atoms with Crippen molar-refractivity contribution in [2.45, 2.75) is 25.8 Å². The number of rotatable bonds is 6. The van der Waals surface area contributed by atoms with E-state index in [1.54, 1.807) is 0 Å². The number of hydrogen-bond donors (Lipinski definition) is 1. The molecule has 4 nitrogen and oxygen atoms in total. The number of hydrogen-bond acceptors (Lipinski definition) is 4. The van der Waals surface area contributed by atoms with Crippen LogP contribution in [0.25, 0.3) is 0 Å². The van der Waals surface area contributed by atoms with Gasteiger partial charge in [0.15, 0.2) is 11.5 Å². The summed E-state index contributed by atoms with van der Waals surface area (Å²) in [6.07, 6.45) is 2.42. The third-order valence-electron chi connectivity index (χ3n) is 3.40. The lowest BCUT2D eigenvalue weighted by Gasteiger charge is -2.23. The topological polar surface area (TPSA) is 47.7 Å². The Labute approximate surface area is 115 Å². The van der Waals surface area contributed by atoms with E-state index in [0.29, 0.717) is 13.2 Å². The first-order chi connectivity index (χ1) is 9.20. The zero-order valence-electron chi connectivity index (χ0n) is 11.9. The fraction of sp³-hybridized carbons (Fsp3) is 0.600. The minimum Gasteiger partial charge on any atom is -0.486 e. The van der Waals surface area contributed by atoms with Crippen LogP contribution < -0.4 is 15.2 Å². The largest absolute Gasteiger partial charge is 0.486 e. The Morgan fingerprint density at radius 1 is 1.26 bits per heavy atom. The summed E-state index contributed by atoms with van der Waals surface area (Å²) in [5, 5.41) is 0. The first-order valence-electron chi connectivity index (χ1n) is 7.04. The molecule has 0 spiro atoms. The molecule has 2 N–H and O–H groups in total. The minimum atomic E-state index is 0.0117. The van der Waals surface area contributed by atoms with Crippen LogP contribution in [0.1, 0.15) is 31.4 Å². The third kappa shape index (κ3) is 3.85. The first kappa shape index (κ1) is 14.2. The molecule has 0 aliphatic carbocycles. The fourth-order valence-corrected chi connectivity index (χ4v) is 2.25. The monoisotopic (exact) mass is 264 g/mol. The minimum absolute atomic E-state index is 0.0117. The van der Waals surface area contributed by atoms with Crippen molar-refractivity contribution in [1.82, 2.24) is 4.90 Å². The molecule has 0 fully saturated rings. The summed E-state index contributed by atoms with van der Waals surface area (Å²) < 4.78 is 11.1. The predicted octanol–water partition coefficient (Wildman–Crippen LogP) is 2.19. The standard InChI is InChI=1S/C15H24N2O2/c1-3-4-7-17(2)11-13(16)12-5-6-14-15(10-12)19-9-8-18-14/h5-6,10,13H,3-4,7-9,11,16H2,1-2H3. The molecule has 0 saturated heterocycles. The zero-order valence-corrected chi connectivity index (χ0v) is 11.9. The number of fused-ring (bicyclic) bond motifs is 1. The number of unbranched alkanes of at least 4 members (excludes halogenated alkanes) is 1. The van der Waals surface area contributed by atoms with Crippen LogP contribution in [-0.4, -0.2) is 38.3 Å². The molecule has 2 rings (SSSR count). The normalized spacial score (nSPS) is 15.6. The zero-order chi connectivity index (χ0) is 13.7. The molecule has 1 aliphatic heterocycles. The van der Waals surface area contributed by atoms with Crippen LogP contribution in [0, 0.1) is 0 Å². The summed E-state index contributed by atoms with van der Waals surface area (Å²) in [6, 6.07) is 6.01. The Morgan fingerprint density at radius 3 is 2.74 bits per heavy atom. The van der Waals surface area contributed by atoms with E-state index in [1.165, 1.54) is 12.8 Å². The molecule has 1 heterocycles. The van der Waals surface area contributed by atoms with Gasteiger partial charge in [-0.1, -0.05) is 19.4 Å². The molecule has 1 aliphatic rings. The van der Waals surface area contributed by atoms with Crippen molar-refractivity contribution in [2.24, 2.45) is 5.73 Å². The number of nitrogens with zero attached hydrogens (tertiary/aromatic N) is 1. The van der Waals surface area contributed by atoms with E-state index in [4.69, 9.17) is 15.2 Å². The van der Waals surface area contributed by atoms with Crippen LogP contribution in [0.5, 0.6) is 11.5 Å². The third-order valence-corrected chi connectivity index (χ3v) is 3.40. The number of likely N-dealkylation sites (N-methyl/N-ethyl adjacent to an activating group) is 1. The Morgan fingerprint density at radius 2 is 2.00 bits per heavy atom. The highest BCUT2D eigenvalue weighted by Crippen LogP contribution is 2.32. The SMILES string of the molecule is CCCCN(C)CC(N)c1ccc2c(c1)OCCO2. The Kier molecular flexibility index (Phi) is 5.05. The lowest BCUT2D eigenvalue weighted by Crippen LogP contribution is -2.30. The van der Waals surface area contributed by atoms with Crippen molar-refractivity contribution < 1.29 is 9.47 Å². The lowest BCUT2D eigenvalue weighted by atomic mass is 10.1. The van der Waals surface area contributed by atoms with Crippen molar-refractivity contribution in [3.63, 3.8) is 0 Å². The summed E-state index contributed by atoms with van der Waals surface area (Å²) in [7, 11) is 2.12. The van der Waals surface area contributed by atoms with Gasteiger partial charge in [-0.3, -0.25) is 0 Å². The summed E-state index contributed by atoms with van der Waals surface area (Å²) in [4.78, 5) is 2.28. The average molecular weight is 264 g/mol. The molecule has 19 heavy (non-hydrogen) atoms. The van der Waals surface area contributed by atoms with E-state index in [1.807, 2.05) is 18.2 Å². The van der Waals surface area contributed by atoms with Crippen LogP contribution >= 0.6 is 0 Å². The van der Waals surface area contributed by atoms with Crippen molar-refractivity contribution in [1.29, 1.82) is 0 Å². The van der Waals surface area contributed by atoms with Crippen LogP contribution in [0.2, 0.25) is 0 Å². The van der Waals surface area contributed by atoms with Crippen LogP contribution in [0.15, 0.2) is 18.2 Å². The first-order valence-corrected chi connectivity index (χ1v) is 7.04. The van der Waals surface area contributed by atoms with Gasteiger partial charge < -0.3 is 20.1 Å². The molecule has 106 valence electrons. The average Bonchev–Trinajstić information content (AvgIpc) is 2.44. The maximum atomic E-state index is 6.26. The summed E-state index contributed by atoms with van der Waals surface area (Å²) in [5.41, 5.74) is 7.37. The van der Waals surface area contributed by atoms with Gasteiger partial charge in [0.1, 0.15) is 13.2 Å². The van der Waals surface area contributed by atoms with Crippen molar-refractivity contribution in [3.05, 3.63) is 23.8 Å². The van der Waals surface area contributed by atoms with Crippen LogP contribution in [-0.2, 0) is 0 Å². The molecule has 1 aromatic carbocycles. The lowest BCUT2D eigenvalue weighted by molar-refractivity contribution is 0.171. The second-order valence-corrected chi connectivity index (χ2v) is 5.13. The Balaban J connectivity index is 1.97. The fourth-order valence-electron chi connectivity index (χ4n) is 2.25. The van der Waals surface area contributed by atoms with Crippen LogP contribution in [0.3, 0.4) is 0 Å². The smallest absolute Gasteiger partial charge is 0.161 e. The van der Waals surface area contributed by atoms with Crippen molar-refractivity contribution in [2.75, 3.05) is 33.4 Å². The van der Waals surface area contributed by atoms with Gasteiger partial charge in [0.25, 0.3) is 0 Å². The van der Waals surface area contributed by atoms with Gasteiger partial charge in [0.05, 0.1) is 0 Å². The van der Waals surface area contributed by atoms with E-state index in [2.05, 4.69) is 18.9 Å². The second-order valence-electron chi connectivity index (χ2n) is 5.13. The maximum Gasteiger partial charge on any atom is 0.161 e.